The lowest BCUT2D eigenvalue weighted by atomic mass is 10.2. The minimum Gasteiger partial charge on any atom is -0.432 e. The van der Waals surface area contributed by atoms with E-state index in [0.717, 1.165) is 5.56 Å². The van der Waals surface area contributed by atoms with Gasteiger partial charge in [0.2, 0.25) is 0 Å². The number of hydrogen-bond acceptors (Lipinski definition) is 4. The minimum absolute atomic E-state index is 0.0666. The summed E-state index contributed by atoms with van der Waals surface area (Å²) in [5, 5.41) is 0. The maximum absolute atomic E-state index is 10.5. The molecule has 0 aliphatic carbocycles. The van der Waals surface area contributed by atoms with Crippen molar-refractivity contribution < 1.29 is 22.5 Å². The molecule has 1 N–H and O–H groups in total. The minimum atomic E-state index is -4.02. The number of aryl methyl sites for hydroxylation is 1. The van der Waals surface area contributed by atoms with Crippen LogP contribution in [0.4, 0.5) is 0 Å². The van der Waals surface area contributed by atoms with Crippen LogP contribution in [0.2, 0.25) is 0 Å². The topological polar surface area (TPSA) is 80.7 Å². The number of ether oxygens (including phenoxy) is 1. The first-order chi connectivity index (χ1) is 8.12. The fourth-order valence-corrected chi connectivity index (χ4v) is 1.44. The molecule has 1 rings (SSSR count). The lowest BCUT2D eigenvalue weighted by Crippen LogP contribution is -1.96. The summed E-state index contributed by atoms with van der Waals surface area (Å²) >= 11 is 0. The van der Waals surface area contributed by atoms with Gasteiger partial charge < -0.3 is 4.74 Å². The summed E-state index contributed by atoms with van der Waals surface area (Å²) < 4.78 is 34.0. The Morgan fingerprint density at radius 3 is 1.89 bits per heavy atom. The zero-order chi connectivity index (χ0) is 14.3. The number of hydrogen-bond donors (Lipinski definition) is 1. The molecule has 100 valence electrons. The van der Waals surface area contributed by atoms with Crippen LogP contribution in [-0.4, -0.2) is 18.9 Å². The molecule has 6 heteroatoms. The fourth-order valence-electron chi connectivity index (χ4n) is 0.956. The Morgan fingerprint density at radius 1 is 1.22 bits per heavy atom. The van der Waals surface area contributed by atoms with E-state index >= 15 is 0 Å². The number of benzene rings is 1. The Labute approximate surface area is 107 Å². The second-order valence-corrected chi connectivity index (χ2v) is 5.01. The maximum Gasteiger partial charge on any atom is 0.307 e. The SMILES string of the molecule is C=C(C)OC(C)=O.Cc1ccc(S(=O)(=O)O)cc1. The van der Waals surface area contributed by atoms with Crippen molar-refractivity contribution in [3.63, 3.8) is 0 Å². The van der Waals surface area contributed by atoms with Gasteiger partial charge in [-0.2, -0.15) is 8.42 Å². The van der Waals surface area contributed by atoms with Gasteiger partial charge in [-0.1, -0.05) is 24.3 Å². The molecule has 0 aromatic heterocycles. The van der Waals surface area contributed by atoms with E-state index < -0.39 is 10.1 Å². The van der Waals surface area contributed by atoms with Crippen LogP contribution in [0.25, 0.3) is 0 Å². The molecule has 0 amide bonds. The van der Waals surface area contributed by atoms with Crippen molar-refractivity contribution in [1.29, 1.82) is 0 Å². The van der Waals surface area contributed by atoms with E-state index in [9.17, 15) is 13.2 Å². The van der Waals surface area contributed by atoms with E-state index in [-0.39, 0.29) is 10.9 Å². The Bertz CT molecular complexity index is 502. The average molecular weight is 272 g/mol. The molecule has 0 heterocycles. The predicted octanol–water partition coefficient (Wildman–Crippen LogP) is 2.32. The molecule has 1 aromatic rings. The summed E-state index contributed by atoms with van der Waals surface area (Å²) in [5.41, 5.74) is 0.956. The molecule has 5 nitrogen and oxygen atoms in total. The van der Waals surface area contributed by atoms with Crippen LogP contribution in [0.5, 0.6) is 0 Å². The molecule has 0 aliphatic rings. The Morgan fingerprint density at radius 2 is 1.67 bits per heavy atom. The largest absolute Gasteiger partial charge is 0.432 e. The van der Waals surface area contributed by atoms with Crippen molar-refractivity contribution in [3.8, 4) is 0 Å². The van der Waals surface area contributed by atoms with Crippen molar-refractivity contribution >= 4 is 16.1 Å². The predicted molar refractivity (Wildman–Crippen MR) is 67.6 cm³/mol. The quantitative estimate of drug-likeness (QED) is 0.507. The van der Waals surface area contributed by atoms with Crippen LogP contribution < -0.4 is 0 Å². The molecule has 0 saturated carbocycles. The molecule has 0 atom stereocenters. The lowest BCUT2D eigenvalue weighted by Gasteiger charge is -1.95. The van der Waals surface area contributed by atoms with Crippen molar-refractivity contribution in [1.82, 2.24) is 0 Å². The van der Waals surface area contributed by atoms with E-state index in [4.69, 9.17) is 4.55 Å². The second kappa shape index (κ2) is 6.93. The first-order valence-electron chi connectivity index (χ1n) is 5.01. The third kappa shape index (κ3) is 7.59. The Balaban J connectivity index is 0.000000360. The zero-order valence-electron chi connectivity index (χ0n) is 10.5. The Kier molecular flexibility index (Phi) is 6.29. The monoisotopic (exact) mass is 272 g/mol. The number of allylic oxidation sites excluding steroid dienone is 1. The van der Waals surface area contributed by atoms with Crippen LogP contribution in [-0.2, 0) is 19.6 Å². The number of carbonyl (C=O) groups is 1. The third-order valence-electron chi connectivity index (χ3n) is 1.64. The fraction of sp³-hybridized carbons (Fsp3) is 0.250. The second-order valence-electron chi connectivity index (χ2n) is 3.58. The number of rotatable bonds is 2. The van der Waals surface area contributed by atoms with Gasteiger partial charge in [0, 0.05) is 6.92 Å². The van der Waals surface area contributed by atoms with Gasteiger partial charge in [-0.15, -0.1) is 0 Å². The third-order valence-corrected chi connectivity index (χ3v) is 2.50. The van der Waals surface area contributed by atoms with Gasteiger partial charge in [-0.05, 0) is 26.0 Å². The van der Waals surface area contributed by atoms with Crippen molar-refractivity contribution in [2.45, 2.75) is 25.7 Å². The van der Waals surface area contributed by atoms with Crippen molar-refractivity contribution in [2.75, 3.05) is 0 Å². The molecular formula is C12H16O5S. The molecule has 1 aromatic carbocycles. The molecule has 18 heavy (non-hydrogen) atoms. The van der Waals surface area contributed by atoms with E-state index in [0.29, 0.717) is 5.76 Å². The summed E-state index contributed by atoms with van der Waals surface area (Å²) in [5.74, 6) is 0.125. The highest BCUT2D eigenvalue weighted by Crippen LogP contribution is 2.08. The van der Waals surface area contributed by atoms with Gasteiger partial charge >= 0.3 is 5.97 Å². The molecule has 0 saturated heterocycles. The van der Waals surface area contributed by atoms with Crippen LogP contribution in [0, 0.1) is 6.92 Å². The highest BCUT2D eigenvalue weighted by atomic mass is 32.2. The highest BCUT2D eigenvalue weighted by Gasteiger charge is 2.06. The smallest absolute Gasteiger partial charge is 0.307 e. The van der Waals surface area contributed by atoms with Crippen molar-refractivity contribution in [3.05, 3.63) is 42.2 Å². The highest BCUT2D eigenvalue weighted by molar-refractivity contribution is 7.85. The van der Waals surface area contributed by atoms with Crippen LogP contribution >= 0.6 is 0 Å². The molecule has 0 aliphatic heterocycles. The average Bonchev–Trinajstić information content (AvgIpc) is 2.15. The van der Waals surface area contributed by atoms with Gasteiger partial charge in [-0.25, -0.2) is 0 Å². The molecule has 0 spiro atoms. The molecule has 0 bridgehead atoms. The first kappa shape index (κ1) is 16.3. The van der Waals surface area contributed by atoms with E-state index in [1.54, 1.807) is 19.1 Å². The summed E-state index contributed by atoms with van der Waals surface area (Å²) in [6, 6.07) is 5.99. The lowest BCUT2D eigenvalue weighted by molar-refractivity contribution is -0.136. The summed E-state index contributed by atoms with van der Waals surface area (Å²) in [6.45, 7) is 8.16. The van der Waals surface area contributed by atoms with Crippen LogP contribution in [0.1, 0.15) is 19.4 Å². The van der Waals surface area contributed by atoms with E-state index in [1.807, 2.05) is 6.92 Å². The van der Waals surface area contributed by atoms with E-state index in [2.05, 4.69) is 11.3 Å². The first-order valence-corrected chi connectivity index (χ1v) is 6.45. The molecule has 0 fully saturated rings. The van der Waals surface area contributed by atoms with Gasteiger partial charge in [0.1, 0.15) is 0 Å². The number of carbonyl (C=O) groups excluding carboxylic acids is 1. The van der Waals surface area contributed by atoms with Crippen LogP contribution in [0.3, 0.4) is 0 Å². The van der Waals surface area contributed by atoms with Crippen LogP contribution in [0.15, 0.2) is 41.5 Å². The van der Waals surface area contributed by atoms with E-state index in [1.165, 1.54) is 19.1 Å². The van der Waals surface area contributed by atoms with Crippen molar-refractivity contribution in [2.24, 2.45) is 0 Å². The van der Waals surface area contributed by atoms with Gasteiger partial charge in [-0.3, -0.25) is 9.35 Å². The summed E-state index contributed by atoms with van der Waals surface area (Å²) in [7, 11) is -4.02. The van der Waals surface area contributed by atoms with Gasteiger partial charge in [0.15, 0.2) is 0 Å². The summed E-state index contributed by atoms with van der Waals surface area (Å²) in [4.78, 5) is 9.90. The van der Waals surface area contributed by atoms with Gasteiger partial charge in [0.05, 0.1) is 10.7 Å². The standard InChI is InChI=1S/C7H8O3S.C5H8O2/c1-6-2-4-7(5-3-6)11(8,9)10;1-4(2)7-5(3)6/h2-5H,1H3,(H,8,9,10);1H2,2-3H3. The number of esters is 1. The zero-order valence-corrected chi connectivity index (χ0v) is 11.3. The molecule has 0 unspecified atom stereocenters. The Hall–Kier alpha value is -1.66. The molecule has 0 radical (unpaired) electrons. The normalized spacial score (nSPS) is 10.0. The maximum atomic E-state index is 10.5. The van der Waals surface area contributed by atoms with Gasteiger partial charge in [0.25, 0.3) is 10.1 Å². The molecular weight excluding hydrogens is 256 g/mol. The summed E-state index contributed by atoms with van der Waals surface area (Å²) in [6.07, 6.45) is 0.